The van der Waals surface area contributed by atoms with Crippen LogP contribution in [0, 0.1) is 12.7 Å². The maximum absolute atomic E-state index is 13.3. The van der Waals surface area contributed by atoms with Gasteiger partial charge in [-0.1, -0.05) is 35.4 Å². The molecule has 0 saturated heterocycles. The Kier molecular flexibility index (Phi) is 4.63. The summed E-state index contributed by atoms with van der Waals surface area (Å²) in [6.45, 7) is 3.77. The first-order valence-electron chi connectivity index (χ1n) is 6.33. The molecule has 0 unspecified atom stereocenters. The highest BCUT2D eigenvalue weighted by atomic mass is 35.5. The Hall–Kier alpha value is -1.58. The van der Waals surface area contributed by atoms with Gasteiger partial charge in [0.1, 0.15) is 18.2 Å². The lowest BCUT2D eigenvalue weighted by molar-refractivity contribution is 0.190. The van der Waals surface area contributed by atoms with E-state index in [9.17, 15) is 9.50 Å². The Bertz CT molecular complexity index is 611. The summed E-state index contributed by atoms with van der Waals surface area (Å²) in [5.74, 6) is 0.110. The van der Waals surface area contributed by atoms with Crippen molar-refractivity contribution in [1.82, 2.24) is 0 Å². The summed E-state index contributed by atoms with van der Waals surface area (Å²) in [6, 6.07) is 10.2. The largest absolute Gasteiger partial charge is 0.488 e. The lowest BCUT2D eigenvalue weighted by atomic mass is 10.1. The van der Waals surface area contributed by atoms with E-state index in [1.807, 2.05) is 19.1 Å². The van der Waals surface area contributed by atoms with E-state index in [4.69, 9.17) is 16.3 Å². The number of ether oxygens (including phenoxy) is 1. The van der Waals surface area contributed by atoms with Crippen molar-refractivity contribution >= 4 is 11.6 Å². The van der Waals surface area contributed by atoms with Gasteiger partial charge >= 0.3 is 0 Å². The Morgan fingerprint density at radius 1 is 1.30 bits per heavy atom. The van der Waals surface area contributed by atoms with Crippen LogP contribution >= 0.6 is 11.6 Å². The molecule has 0 aliphatic rings. The van der Waals surface area contributed by atoms with E-state index in [1.165, 1.54) is 6.07 Å². The second-order valence-electron chi connectivity index (χ2n) is 4.72. The van der Waals surface area contributed by atoms with Gasteiger partial charge in [0, 0.05) is 11.1 Å². The zero-order valence-corrected chi connectivity index (χ0v) is 12.1. The molecule has 0 saturated carbocycles. The van der Waals surface area contributed by atoms with E-state index in [0.717, 1.165) is 5.56 Å². The molecule has 1 atom stereocenters. The molecular weight excluding hydrogens is 279 g/mol. The monoisotopic (exact) mass is 294 g/mol. The third kappa shape index (κ3) is 3.30. The summed E-state index contributed by atoms with van der Waals surface area (Å²) in [4.78, 5) is 0. The molecule has 0 aliphatic heterocycles. The van der Waals surface area contributed by atoms with Gasteiger partial charge in [0.2, 0.25) is 0 Å². The molecular formula is C16H16ClFO2. The molecule has 0 radical (unpaired) electrons. The highest BCUT2D eigenvalue weighted by Crippen LogP contribution is 2.28. The number of rotatable bonds is 4. The number of hydrogen-bond donors (Lipinski definition) is 1. The van der Waals surface area contributed by atoms with Crippen molar-refractivity contribution < 1.29 is 14.2 Å². The van der Waals surface area contributed by atoms with Crippen LogP contribution in [0.4, 0.5) is 4.39 Å². The van der Waals surface area contributed by atoms with E-state index < -0.39 is 11.9 Å². The summed E-state index contributed by atoms with van der Waals surface area (Å²) >= 11 is 5.88. The molecule has 0 heterocycles. The zero-order valence-electron chi connectivity index (χ0n) is 11.4. The molecule has 0 bridgehead atoms. The molecule has 1 N–H and O–H groups in total. The number of aliphatic hydroxyl groups is 1. The normalized spacial score (nSPS) is 12.2. The van der Waals surface area contributed by atoms with Gasteiger partial charge in [-0.2, -0.15) is 0 Å². The number of aliphatic hydroxyl groups excluding tert-OH is 1. The van der Waals surface area contributed by atoms with Crippen molar-refractivity contribution in [3.8, 4) is 5.75 Å². The van der Waals surface area contributed by atoms with Crippen molar-refractivity contribution in [3.63, 3.8) is 0 Å². The maximum Gasteiger partial charge on any atom is 0.142 e. The third-order valence-electron chi connectivity index (χ3n) is 3.03. The number of benzene rings is 2. The lowest BCUT2D eigenvalue weighted by Crippen LogP contribution is -2.02. The van der Waals surface area contributed by atoms with Crippen LogP contribution in [0.3, 0.4) is 0 Å². The highest BCUT2D eigenvalue weighted by Gasteiger charge is 2.11. The van der Waals surface area contributed by atoms with Crippen LogP contribution in [-0.2, 0) is 6.61 Å². The van der Waals surface area contributed by atoms with Crippen LogP contribution in [-0.4, -0.2) is 5.11 Å². The van der Waals surface area contributed by atoms with Gasteiger partial charge in [-0.15, -0.1) is 0 Å². The SMILES string of the molecule is Cc1ccc(OCc2cccc(F)c2Cl)c([C@H](C)O)c1. The van der Waals surface area contributed by atoms with Crippen LogP contribution in [0.5, 0.6) is 5.75 Å². The minimum atomic E-state index is -0.632. The predicted molar refractivity (Wildman–Crippen MR) is 77.6 cm³/mol. The zero-order chi connectivity index (χ0) is 14.7. The Morgan fingerprint density at radius 2 is 2.05 bits per heavy atom. The van der Waals surface area contributed by atoms with E-state index >= 15 is 0 Å². The quantitative estimate of drug-likeness (QED) is 0.904. The summed E-state index contributed by atoms with van der Waals surface area (Å²) in [6.07, 6.45) is -0.632. The minimum absolute atomic E-state index is 0.0678. The van der Waals surface area contributed by atoms with Crippen molar-refractivity contribution in [1.29, 1.82) is 0 Å². The molecule has 0 spiro atoms. The smallest absolute Gasteiger partial charge is 0.142 e. The topological polar surface area (TPSA) is 29.5 Å². The predicted octanol–water partition coefficient (Wildman–Crippen LogP) is 4.42. The Morgan fingerprint density at radius 3 is 2.75 bits per heavy atom. The fourth-order valence-electron chi connectivity index (χ4n) is 1.94. The molecule has 2 aromatic carbocycles. The van der Waals surface area contributed by atoms with E-state index in [-0.39, 0.29) is 11.6 Å². The van der Waals surface area contributed by atoms with Gasteiger partial charge in [-0.25, -0.2) is 4.39 Å². The molecule has 2 nitrogen and oxygen atoms in total. The Labute approximate surface area is 122 Å². The molecule has 0 aromatic heterocycles. The molecule has 0 fully saturated rings. The van der Waals surface area contributed by atoms with Gasteiger partial charge in [-0.3, -0.25) is 0 Å². The molecule has 2 aromatic rings. The molecule has 20 heavy (non-hydrogen) atoms. The van der Waals surface area contributed by atoms with Crippen molar-refractivity contribution in [3.05, 3.63) is 63.9 Å². The van der Waals surface area contributed by atoms with Crippen LogP contribution in [0.25, 0.3) is 0 Å². The van der Waals surface area contributed by atoms with Gasteiger partial charge in [0.15, 0.2) is 0 Å². The van der Waals surface area contributed by atoms with Crippen LogP contribution in [0.2, 0.25) is 5.02 Å². The molecule has 0 amide bonds. The van der Waals surface area contributed by atoms with Gasteiger partial charge in [-0.05, 0) is 32.0 Å². The Balaban J connectivity index is 2.21. The average molecular weight is 295 g/mol. The third-order valence-corrected chi connectivity index (χ3v) is 3.45. The fourth-order valence-corrected chi connectivity index (χ4v) is 2.12. The second-order valence-corrected chi connectivity index (χ2v) is 5.10. The average Bonchev–Trinajstić information content (AvgIpc) is 2.41. The van der Waals surface area contributed by atoms with Crippen LogP contribution in [0.1, 0.15) is 29.7 Å². The fraction of sp³-hybridized carbons (Fsp3) is 0.250. The first-order chi connectivity index (χ1) is 9.49. The minimum Gasteiger partial charge on any atom is -0.488 e. The van der Waals surface area contributed by atoms with E-state index in [0.29, 0.717) is 16.9 Å². The number of hydrogen-bond acceptors (Lipinski definition) is 2. The van der Waals surface area contributed by atoms with Crippen molar-refractivity contribution in [2.75, 3.05) is 0 Å². The first kappa shape index (κ1) is 14.8. The molecule has 0 aliphatic carbocycles. The lowest BCUT2D eigenvalue weighted by Gasteiger charge is -2.15. The maximum atomic E-state index is 13.3. The van der Waals surface area contributed by atoms with Crippen LogP contribution < -0.4 is 4.74 Å². The number of halogens is 2. The first-order valence-corrected chi connectivity index (χ1v) is 6.71. The van der Waals surface area contributed by atoms with Gasteiger partial charge in [0.05, 0.1) is 11.1 Å². The summed E-state index contributed by atoms with van der Waals surface area (Å²) in [5, 5.41) is 9.83. The van der Waals surface area contributed by atoms with Gasteiger partial charge < -0.3 is 9.84 Å². The van der Waals surface area contributed by atoms with Gasteiger partial charge in [0.25, 0.3) is 0 Å². The molecule has 4 heteroatoms. The highest BCUT2D eigenvalue weighted by molar-refractivity contribution is 6.31. The molecule has 106 valence electrons. The van der Waals surface area contributed by atoms with E-state index in [2.05, 4.69) is 0 Å². The number of aryl methyl sites for hydroxylation is 1. The second kappa shape index (κ2) is 6.25. The molecule has 2 rings (SSSR count). The van der Waals surface area contributed by atoms with Crippen LogP contribution in [0.15, 0.2) is 36.4 Å². The van der Waals surface area contributed by atoms with Crippen molar-refractivity contribution in [2.24, 2.45) is 0 Å². The standard InChI is InChI=1S/C16H16ClFO2/c1-10-6-7-15(13(8-10)11(2)19)20-9-12-4-3-5-14(18)16(12)17/h3-8,11,19H,9H2,1-2H3/t11-/m0/s1. The van der Waals surface area contributed by atoms with Crippen molar-refractivity contribution in [2.45, 2.75) is 26.6 Å². The summed E-state index contributed by atoms with van der Waals surface area (Å²) in [7, 11) is 0. The summed E-state index contributed by atoms with van der Waals surface area (Å²) < 4.78 is 19.0. The van der Waals surface area contributed by atoms with E-state index in [1.54, 1.807) is 25.1 Å². The summed E-state index contributed by atoms with van der Waals surface area (Å²) in [5.41, 5.74) is 2.32.